The molecule has 0 bridgehead atoms. The van der Waals surface area contributed by atoms with Crippen LogP contribution in [0.3, 0.4) is 0 Å². The number of fused-ring (bicyclic) bond motifs is 1. The molecule has 0 atom stereocenters. The average Bonchev–Trinajstić information content (AvgIpc) is 2.86. The number of aromatic hydroxyl groups is 1. The van der Waals surface area contributed by atoms with Crippen LogP contribution in [0.4, 0.5) is 11.4 Å². The van der Waals surface area contributed by atoms with Crippen molar-refractivity contribution >= 4 is 39.9 Å². The maximum atomic E-state index is 12.6. The van der Waals surface area contributed by atoms with E-state index >= 15 is 0 Å². The van der Waals surface area contributed by atoms with Gasteiger partial charge in [-0.15, -0.1) is 0 Å². The summed E-state index contributed by atoms with van der Waals surface area (Å²) in [5, 5.41) is 9.73. The average molecular weight is 380 g/mol. The minimum Gasteiger partial charge on any atom is -0.507 e. The van der Waals surface area contributed by atoms with Crippen molar-refractivity contribution in [3.8, 4) is 5.75 Å². The van der Waals surface area contributed by atoms with Crippen LogP contribution in [0, 0.1) is 3.57 Å². The van der Waals surface area contributed by atoms with E-state index in [9.17, 15) is 9.90 Å². The van der Waals surface area contributed by atoms with Crippen molar-refractivity contribution in [2.75, 3.05) is 17.2 Å². The molecule has 2 aromatic carbocycles. The lowest BCUT2D eigenvalue weighted by atomic mass is 10.1. The number of carbonyl (C=O) groups excluding carboxylic acids is 1. The lowest BCUT2D eigenvalue weighted by Crippen LogP contribution is -2.28. The standard InChI is InChI=1S/C15H13IN2O2/c16-11-5-4-9(8-14(11)19)15(20)18-7-6-10-12(17)2-1-3-13(10)18/h1-5,8,19H,6-7,17H2. The molecule has 3 rings (SSSR count). The van der Waals surface area contributed by atoms with Gasteiger partial charge in [0.1, 0.15) is 5.75 Å². The molecule has 1 aliphatic rings. The summed E-state index contributed by atoms with van der Waals surface area (Å²) in [5.74, 6) is 0.0181. The summed E-state index contributed by atoms with van der Waals surface area (Å²) in [6, 6.07) is 10.6. The highest BCUT2D eigenvalue weighted by atomic mass is 127. The van der Waals surface area contributed by atoms with E-state index in [-0.39, 0.29) is 11.7 Å². The first-order valence-electron chi connectivity index (χ1n) is 6.25. The molecule has 0 spiro atoms. The smallest absolute Gasteiger partial charge is 0.258 e. The van der Waals surface area contributed by atoms with E-state index in [0.29, 0.717) is 12.1 Å². The lowest BCUT2D eigenvalue weighted by molar-refractivity contribution is 0.0989. The number of phenols is 1. The molecule has 0 saturated carbocycles. The Morgan fingerprint density at radius 3 is 2.85 bits per heavy atom. The van der Waals surface area contributed by atoms with Crippen LogP contribution in [-0.4, -0.2) is 17.6 Å². The lowest BCUT2D eigenvalue weighted by Gasteiger charge is -2.18. The molecule has 0 aliphatic carbocycles. The minimum atomic E-state index is -0.110. The van der Waals surface area contributed by atoms with Gasteiger partial charge in [0.15, 0.2) is 0 Å². The van der Waals surface area contributed by atoms with E-state index in [1.807, 2.05) is 40.8 Å². The van der Waals surface area contributed by atoms with Gasteiger partial charge >= 0.3 is 0 Å². The normalized spacial score (nSPS) is 13.3. The molecule has 4 nitrogen and oxygen atoms in total. The number of rotatable bonds is 1. The molecule has 20 heavy (non-hydrogen) atoms. The molecule has 5 heteroatoms. The monoisotopic (exact) mass is 380 g/mol. The van der Waals surface area contributed by atoms with Crippen molar-refractivity contribution in [1.29, 1.82) is 0 Å². The quantitative estimate of drug-likeness (QED) is 0.591. The van der Waals surface area contributed by atoms with Gasteiger partial charge in [-0.3, -0.25) is 4.79 Å². The summed E-state index contributed by atoms with van der Waals surface area (Å²) in [7, 11) is 0. The molecule has 0 unspecified atom stereocenters. The summed E-state index contributed by atoms with van der Waals surface area (Å²) in [6.07, 6.45) is 0.768. The molecule has 0 radical (unpaired) electrons. The number of anilines is 2. The van der Waals surface area contributed by atoms with Crippen molar-refractivity contribution in [2.45, 2.75) is 6.42 Å². The van der Waals surface area contributed by atoms with Crippen LogP contribution in [0.15, 0.2) is 36.4 Å². The van der Waals surface area contributed by atoms with Crippen LogP contribution in [0.1, 0.15) is 15.9 Å². The van der Waals surface area contributed by atoms with Gasteiger partial charge in [0.25, 0.3) is 5.91 Å². The summed E-state index contributed by atoms with van der Waals surface area (Å²) in [6.45, 7) is 0.620. The summed E-state index contributed by atoms with van der Waals surface area (Å²) in [4.78, 5) is 14.3. The fraction of sp³-hybridized carbons (Fsp3) is 0.133. The topological polar surface area (TPSA) is 66.6 Å². The SMILES string of the molecule is Nc1cccc2c1CCN2C(=O)c1ccc(I)c(O)c1. The molecule has 0 aromatic heterocycles. The highest BCUT2D eigenvalue weighted by molar-refractivity contribution is 14.1. The highest BCUT2D eigenvalue weighted by Gasteiger charge is 2.26. The second kappa shape index (κ2) is 4.97. The van der Waals surface area contributed by atoms with Gasteiger partial charge in [-0.05, 0) is 59.3 Å². The molecule has 0 saturated heterocycles. The molecule has 1 aliphatic heterocycles. The Hall–Kier alpha value is -1.76. The molecule has 1 heterocycles. The largest absolute Gasteiger partial charge is 0.507 e. The van der Waals surface area contributed by atoms with Gasteiger partial charge in [-0.2, -0.15) is 0 Å². The van der Waals surface area contributed by atoms with Gasteiger partial charge in [0.05, 0.1) is 3.57 Å². The van der Waals surface area contributed by atoms with E-state index in [1.165, 1.54) is 6.07 Å². The number of carbonyl (C=O) groups is 1. The fourth-order valence-corrected chi connectivity index (χ4v) is 2.81. The van der Waals surface area contributed by atoms with Crippen LogP contribution in [-0.2, 0) is 6.42 Å². The first-order valence-corrected chi connectivity index (χ1v) is 7.33. The molecular formula is C15H13IN2O2. The summed E-state index contributed by atoms with van der Waals surface area (Å²) >= 11 is 2.03. The van der Waals surface area contributed by atoms with E-state index in [4.69, 9.17) is 5.73 Å². The van der Waals surface area contributed by atoms with Crippen molar-refractivity contribution in [3.63, 3.8) is 0 Å². The molecule has 3 N–H and O–H groups in total. The number of nitrogen functional groups attached to an aromatic ring is 1. The fourth-order valence-electron chi connectivity index (χ4n) is 2.47. The predicted octanol–water partition coefficient (Wildman–Crippen LogP) is 2.78. The number of hydrogen-bond acceptors (Lipinski definition) is 3. The maximum absolute atomic E-state index is 12.6. The van der Waals surface area contributed by atoms with Crippen LogP contribution < -0.4 is 10.6 Å². The van der Waals surface area contributed by atoms with E-state index < -0.39 is 0 Å². The zero-order chi connectivity index (χ0) is 14.3. The summed E-state index contributed by atoms with van der Waals surface area (Å²) < 4.78 is 0.727. The van der Waals surface area contributed by atoms with Crippen LogP contribution in [0.25, 0.3) is 0 Å². The second-order valence-corrected chi connectivity index (χ2v) is 5.88. The van der Waals surface area contributed by atoms with Gasteiger partial charge in [-0.1, -0.05) is 6.07 Å². The number of phenolic OH excluding ortho intramolecular Hbond substituents is 1. The van der Waals surface area contributed by atoms with E-state index in [1.54, 1.807) is 17.0 Å². The van der Waals surface area contributed by atoms with Crippen molar-refractivity contribution < 1.29 is 9.90 Å². The molecule has 1 amide bonds. The second-order valence-electron chi connectivity index (χ2n) is 4.72. The van der Waals surface area contributed by atoms with Gasteiger partial charge in [0, 0.05) is 29.0 Å². The number of benzene rings is 2. The minimum absolute atomic E-state index is 0.110. The van der Waals surface area contributed by atoms with Crippen molar-refractivity contribution in [1.82, 2.24) is 0 Å². The first kappa shape index (κ1) is 13.2. The van der Waals surface area contributed by atoms with Crippen molar-refractivity contribution in [2.24, 2.45) is 0 Å². The number of amides is 1. The number of nitrogens with zero attached hydrogens (tertiary/aromatic N) is 1. The Balaban J connectivity index is 1.97. The number of nitrogens with two attached hydrogens (primary N) is 1. The molecular weight excluding hydrogens is 367 g/mol. The van der Waals surface area contributed by atoms with E-state index in [2.05, 4.69) is 0 Å². The Labute approximate surface area is 130 Å². The molecule has 2 aromatic rings. The van der Waals surface area contributed by atoms with Gasteiger partial charge < -0.3 is 15.7 Å². The van der Waals surface area contributed by atoms with Gasteiger partial charge in [-0.25, -0.2) is 0 Å². The predicted molar refractivity (Wildman–Crippen MR) is 87.1 cm³/mol. The highest BCUT2D eigenvalue weighted by Crippen LogP contribution is 2.33. The Kier molecular flexibility index (Phi) is 3.29. The summed E-state index contributed by atoms with van der Waals surface area (Å²) in [5.41, 5.74) is 9.04. The third kappa shape index (κ3) is 2.11. The number of hydrogen-bond donors (Lipinski definition) is 2. The zero-order valence-corrected chi connectivity index (χ0v) is 12.8. The Morgan fingerprint density at radius 2 is 2.10 bits per heavy atom. The van der Waals surface area contributed by atoms with Gasteiger partial charge in [0.2, 0.25) is 0 Å². The third-order valence-corrected chi connectivity index (χ3v) is 4.41. The number of halogens is 1. The third-order valence-electron chi connectivity index (χ3n) is 3.50. The van der Waals surface area contributed by atoms with Crippen LogP contribution >= 0.6 is 22.6 Å². The Morgan fingerprint density at radius 1 is 1.30 bits per heavy atom. The molecule has 102 valence electrons. The maximum Gasteiger partial charge on any atom is 0.258 e. The van der Waals surface area contributed by atoms with Crippen LogP contribution in [0.2, 0.25) is 0 Å². The first-order chi connectivity index (χ1) is 9.58. The Bertz CT molecular complexity index is 700. The van der Waals surface area contributed by atoms with E-state index in [0.717, 1.165) is 26.9 Å². The molecule has 0 fully saturated rings. The zero-order valence-electron chi connectivity index (χ0n) is 10.6. The van der Waals surface area contributed by atoms with Crippen LogP contribution in [0.5, 0.6) is 5.75 Å². The van der Waals surface area contributed by atoms with Crippen molar-refractivity contribution in [3.05, 3.63) is 51.1 Å².